The number of nitrogens with zero attached hydrogens (tertiary/aromatic N) is 3. The minimum atomic E-state index is 1.07. The van der Waals surface area contributed by atoms with E-state index in [1.165, 1.54) is 33.4 Å². The van der Waals surface area contributed by atoms with Crippen LogP contribution in [0.3, 0.4) is 0 Å². The summed E-state index contributed by atoms with van der Waals surface area (Å²) in [6.07, 6.45) is 8.69. The van der Waals surface area contributed by atoms with Crippen LogP contribution < -0.4 is 14.7 Å². The van der Waals surface area contributed by atoms with Gasteiger partial charge in [-0.1, -0.05) is 162 Å². The minimum Gasteiger partial charge on any atom is -0.311 e. The van der Waals surface area contributed by atoms with Crippen LogP contribution >= 0.6 is 0 Å². The molecule has 0 amide bonds. The first-order chi connectivity index (χ1) is 31.8. The van der Waals surface area contributed by atoms with Crippen molar-refractivity contribution in [2.45, 2.75) is 27.7 Å². The number of benzene rings is 9. The Labute approximate surface area is 385 Å². The van der Waals surface area contributed by atoms with Gasteiger partial charge in [-0.3, -0.25) is 0 Å². The van der Waals surface area contributed by atoms with Gasteiger partial charge in [0.1, 0.15) is 0 Å². The number of hydrogen-bond donors (Lipinski definition) is 0. The summed E-state index contributed by atoms with van der Waals surface area (Å²) in [6, 6.07) is 80.7. The molecule has 0 saturated carbocycles. The van der Waals surface area contributed by atoms with E-state index in [0.29, 0.717) is 0 Å². The summed E-state index contributed by atoms with van der Waals surface area (Å²) < 4.78 is 0. The van der Waals surface area contributed by atoms with Crippen molar-refractivity contribution in [3.05, 3.63) is 269 Å². The average Bonchev–Trinajstić information content (AvgIpc) is 3.35. The molecule has 3 nitrogen and oxygen atoms in total. The van der Waals surface area contributed by atoms with Crippen LogP contribution in [0.2, 0.25) is 0 Å². The highest BCUT2D eigenvalue weighted by atomic mass is 15.2. The first-order valence-electron chi connectivity index (χ1n) is 22.3. The summed E-state index contributed by atoms with van der Waals surface area (Å²) in [5.74, 6) is 0. The van der Waals surface area contributed by atoms with Gasteiger partial charge < -0.3 is 14.7 Å². The zero-order valence-corrected chi connectivity index (χ0v) is 37.5. The lowest BCUT2D eigenvalue weighted by molar-refractivity contribution is 1.24. The predicted octanol–water partition coefficient (Wildman–Crippen LogP) is 17.7. The highest BCUT2D eigenvalue weighted by Crippen LogP contribution is 2.41. The van der Waals surface area contributed by atoms with E-state index in [9.17, 15) is 0 Å². The third kappa shape index (κ3) is 10.2. The lowest BCUT2D eigenvalue weighted by Gasteiger charge is -2.29. The van der Waals surface area contributed by atoms with Crippen LogP contribution in [0.25, 0.3) is 24.3 Å². The molecule has 0 aliphatic heterocycles. The Balaban J connectivity index is 1.02. The Morgan fingerprint density at radius 1 is 0.200 bits per heavy atom. The predicted molar refractivity (Wildman–Crippen MR) is 280 cm³/mol. The summed E-state index contributed by atoms with van der Waals surface area (Å²) in [7, 11) is 0. The van der Waals surface area contributed by atoms with E-state index in [1.807, 2.05) is 0 Å². The van der Waals surface area contributed by atoms with Crippen molar-refractivity contribution >= 4 is 75.5 Å². The second-order valence-corrected chi connectivity index (χ2v) is 16.7. The SMILES string of the molecule is Cc1ccc(C=Cc2ccc(N(c3ccc(C)cc3)c3ccc(N(c4ccccc4)c4ccc(N(c5ccc(C)cc5)c5ccc(C=Cc6ccc(C)cc6)cc5)cc4)cc3)cc2)cc1. The van der Waals surface area contributed by atoms with Crippen LogP contribution in [0.4, 0.5) is 51.2 Å². The maximum Gasteiger partial charge on any atom is 0.0463 e. The van der Waals surface area contributed by atoms with E-state index in [-0.39, 0.29) is 0 Å². The van der Waals surface area contributed by atoms with Crippen molar-refractivity contribution in [1.29, 1.82) is 0 Å². The Kier molecular flexibility index (Phi) is 12.7. The molecule has 0 N–H and O–H groups in total. The minimum absolute atomic E-state index is 1.07. The van der Waals surface area contributed by atoms with Crippen molar-refractivity contribution < 1.29 is 0 Å². The molecule has 0 atom stereocenters. The van der Waals surface area contributed by atoms with E-state index in [1.54, 1.807) is 0 Å². The summed E-state index contributed by atoms with van der Waals surface area (Å²) in [4.78, 5) is 6.97. The molecular weight excluding hydrogens is 787 g/mol. The van der Waals surface area contributed by atoms with Gasteiger partial charge in [0.05, 0.1) is 0 Å². The number of aryl methyl sites for hydroxylation is 4. The first kappa shape index (κ1) is 42.2. The van der Waals surface area contributed by atoms with Crippen molar-refractivity contribution in [1.82, 2.24) is 0 Å². The van der Waals surface area contributed by atoms with E-state index >= 15 is 0 Å². The lowest BCUT2D eigenvalue weighted by Crippen LogP contribution is -2.13. The Hall–Kier alpha value is -8.14. The van der Waals surface area contributed by atoms with E-state index in [2.05, 4.69) is 291 Å². The number of rotatable bonds is 13. The molecular formula is C62H53N3. The molecule has 0 spiro atoms. The van der Waals surface area contributed by atoms with Crippen LogP contribution in [0.5, 0.6) is 0 Å². The second-order valence-electron chi connectivity index (χ2n) is 16.7. The van der Waals surface area contributed by atoms with Crippen molar-refractivity contribution in [3.63, 3.8) is 0 Å². The number of hydrogen-bond acceptors (Lipinski definition) is 3. The highest BCUT2D eigenvalue weighted by Gasteiger charge is 2.18. The topological polar surface area (TPSA) is 9.72 Å². The van der Waals surface area contributed by atoms with Crippen LogP contribution in [0.15, 0.2) is 224 Å². The van der Waals surface area contributed by atoms with Gasteiger partial charge in [-0.15, -0.1) is 0 Å². The van der Waals surface area contributed by atoms with Crippen molar-refractivity contribution in [3.8, 4) is 0 Å². The summed E-state index contributed by atoms with van der Waals surface area (Å²) in [5, 5.41) is 0. The van der Waals surface area contributed by atoms with Gasteiger partial charge in [-0.25, -0.2) is 0 Å². The van der Waals surface area contributed by atoms with Gasteiger partial charge in [0.2, 0.25) is 0 Å². The van der Waals surface area contributed by atoms with Crippen molar-refractivity contribution in [2.24, 2.45) is 0 Å². The van der Waals surface area contributed by atoms with Gasteiger partial charge in [0, 0.05) is 51.2 Å². The molecule has 65 heavy (non-hydrogen) atoms. The van der Waals surface area contributed by atoms with E-state index in [4.69, 9.17) is 0 Å². The molecule has 0 aliphatic rings. The molecule has 0 heterocycles. The molecule has 316 valence electrons. The zero-order chi connectivity index (χ0) is 44.5. The molecule has 0 aromatic heterocycles. The van der Waals surface area contributed by atoms with Crippen molar-refractivity contribution in [2.75, 3.05) is 14.7 Å². The summed E-state index contributed by atoms with van der Waals surface area (Å²) in [5.41, 5.74) is 19.4. The Bertz CT molecular complexity index is 2790. The first-order valence-corrected chi connectivity index (χ1v) is 22.3. The van der Waals surface area contributed by atoms with Gasteiger partial charge in [0.15, 0.2) is 0 Å². The number of para-hydroxylation sites is 1. The zero-order valence-electron chi connectivity index (χ0n) is 37.5. The van der Waals surface area contributed by atoms with Crippen LogP contribution in [0, 0.1) is 27.7 Å². The van der Waals surface area contributed by atoms with Gasteiger partial charge >= 0.3 is 0 Å². The van der Waals surface area contributed by atoms with E-state index < -0.39 is 0 Å². The van der Waals surface area contributed by atoms with E-state index in [0.717, 1.165) is 62.3 Å². The molecule has 0 radical (unpaired) electrons. The maximum atomic E-state index is 2.32. The highest BCUT2D eigenvalue weighted by molar-refractivity contribution is 5.84. The van der Waals surface area contributed by atoms with Gasteiger partial charge in [-0.05, 0) is 159 Å². The Morgan fingerprint density at radius 2 is 0.369 bits per heavy atom. The fourth-order valence-electron chi connectivity index (χ4n) is 8.02. The standard InChI is InChI=1S/C62H53N3/c1-46-10-18-50(19-11-46)22-24-52-26-34-57(35-27-52)64(55-30-14-48(3)15-31-55)61-42-38-59(39-43-61)63(54-8-6-5-7-9-54)60-40-44-62(45-41-60)65(56-32-16-49(4)17-33-56)58-36-28-53(29-37-58)25-23-51-20-12-47(2)13-21-51/h5-45H,1-4H3. The third-order valence-corrected chi connectivity index (χ3v) is 11.7. The fourth-order valence-corrected chi connectivity index (χ4v) is 8.02. The monoisotopic (exact) mass is 839 g/mol. The quantitative estimate of drug-likeness (QED) is 0.107. The molecule has 0 aliphatic carbocycles. The van der Waals surface area contributed by atoms with Crippen LogP contribution in [0.1, 0.15) is 44.5 Å². The average molecular weight is 840 g/mol. The lowest BCUT2D eigenvalue weighted by atomic mass is 10.1. The molecule has 0 fully saturated rings. The third-order valence-electron chi connectivity index (χ3n) is 11.7. The second kappa shape index (κ2) is 19.5. The van der Waals surface area contributed by atoms with Gasteiger partial charge in [0.25, 0.3) is 0 Å². The van der Waals surface area contributed by atoms with Crippen LogP contribution in [-0.2, 0) is 0 Å². The molecule has 9 rings (SSSR count). The summed E-state index contributed by atoms with van der Waals surface area (Å²) >= 11 is 0. The van der Waals surface area contributed by atoms with Crippen LogP contribution in [-0.4, -0.2) is 0 Å². The number of anilines is 9. The molecule has 0 saturated heterocycles. The normalized spacial score (nSPS) is 11.3. The maximum absolute atomic E-state index is 2.32. The van der Waals surface area contributed by atoms with Gasteiger partial charge in [-0.2, -0.15) is 0 Å². The summed E-state index contributed by atoms with van der Waals surface area (Å²) in [6.45, 7) is 8.50. The molecule has 0 unspecified atom stereocenters. The molecule has 3 heteroatoms. The smallest absolute Gasteiger partial charge is 0.0463 e. The fraction of sp³-hybridized carbons (Fsp3) is 0.0645. The molecule has 0 bridgehead atoms. The molecule has 9 aromatic rings. The molecule has 9 aromatic carbocycles. The largest absolute Gasteiger partial charge is 0.311 e. The Morgan fingerprint density at radius 3 is 0.615 bits per heavy atom.